The van der Waals surface area contributed by atoms with Crippen LogP contribution in [0.15, 0.2) is 29.7 Å². The number of aryl methyl sites for hydroxylation is 3. The van der Waals surface area contributed by atoms with E-state index in [-0.39, 0.29) is 5.75 Å². The maximum absolute atomic E-state index is 12.4. The van der Waals surface area contributed by atoms with Gasteiger partial charge in [0.2, 0.25) is 0 Å². The number of halogens is 1. The van der Waals surface area contributed by atoms with Gasteiger partial charge in [0, 0.05) is 12.1 Å². The van der Waals surface area contributed by atoms with Gasteiger partial charge in [0.15, 0.2) is 11.3 Å². The molecule has 1 N–H and O–H groups in total. The molecule has 0 spiro atoms. The van der Waals surface area contributed by atoms with Gasteiger partial charge in [0.05, 0.1) is 28.5 Å². The number of anilines is 1. The summed E-state index contributed by atoms with van der Waals surface area (Å²) in [5.74, 6) is -0.986. The first kappa shape index (κ1) is 22.8. The zero-order valence-corrected chi connectivity index (χ0v) is 19.4. The monoisotopic (exact) mass is 462 g/mol. The molecule has 0 radical (unpaired) electrons. The Morgan fingerprint density at radius 2 is 2.03 bits per heavy atom. The largest absolute Gasteiger partial charge is 0.452 e. The highest BCUT2D eigenvalue weighted by Gasteiger charge is 2.21. The number of rotatable bonds is 7. The molecule has 0 bridgehead atoms. The maximum Gasteiger partial charge on any atom is 0.317 e. The fourth-order valence-electron chi connectivity index (χ4n) is 2.82. The zero-order valence-electron chi connectivity index (χ0n) is 17.8. The van der Waals surface area contributed by atoms with E-state index in [0.717, 1.165) is 28.7 Å². The SMILES string of the molecule is Cc1ccc(-n2cnnc2SCC(=O)OC(C)C(=O)Nc2c(C)nn(C)c2C)cc1Cl. The second kappa shape index (κ2) is 9.52. The molecule has 3 rings (SSSR count). The van der Waals surface area contributed by atoms with Crippen molar-refractivity contribution < 1.29 is 14.3 Å². The molecular weight excluding hydrogens is 440 g/mol. The molecule has 1 atom stereocenters. The number of esters is 1. The van der Waals surface area contributed by atoms with Crippen LogP contribution >= 0.6 is 23.4 Å². The Labute approximate surface area is 189 Å². The molecule has 2 heterocycles. The number of benzene rings is 1. The van der Waals surface area contributed by atoms with Crippen molar-refractivity contribution in [3.05, 3.63) is 46.5 Å². The van der Waals surface area contributed by atoms with Gasteiger partial charge in [-0.3, -0.25) is 18.8 Å². The van der Waals surface area contributed by atoms with Crippen LogP contribution in [0.4, 0.5) is 5.69 Å². The molecule has 0 saturated carbocycles. The minimum Gasteiger partial charge on any atom is -0.452 e. The van der Waals surface area contributed by atoms with E-state index in [1.807, 2.05) is 26.0 Å². The summed E-state index contributed by atoms with van der Waals surface area (Å²) in [6, 6.07) is 5.59. The normalized spacial score (nSPS) is 11.9. The van der Waals surface area contributed by atoms with E-state index in [4.69, 9.17) is 16.3 Å². The Kier molecular flexibility index (Phi) is 7.01. The van der Waals surface area contributed by atoms with Gasteiger partial charge in [-0.2, -0.15) is 5.10 Å². The average molecular weight is 463 g/mol. The van der Waals surface area contributed by atoms with Crippen LogP contribution in [-0.4, -0.2) is 48.3 Å². The fourth-order valence-corrected chi connectivity index (χ4v) is 3.71. The van der Waals surface area contributed by atoms with Crippen molar-refractivity contribution in [1.29, 1.82) is 0 Å². The van der Waals surface area contributed by atoms with Crippen LogP contribution in [0, 0.1) is 20.8 Å². The van der Waals surface area contributed by atoms with Crippen LogP contribution in [0.3, 0.4) is 0 Å². The van der Waals surface area contributed by atoms with Crippen LogP contribution < -0.4 is 5.32 Å². The molecule has 3 aromatic rings. The van der Waals surface area contributed by atoms with Crippen LogP contribution in [0.1, 0.15) is 23.9 Å². The third-order valence-corrected chi connectivity index (χ3v) is 6.03. The molecule has 1 aromatic carbocycles. The predicted octanol–water partition coefficient (Wildman–Crippen LogP) is 3.24. The van der Waals surface area contributed by atoms with Crippen molar-refractivity contribution in [1.82, 2.24) is 24.5 Å². The lowest BCUT2D eigenvalue weighted by Crippen LogP contribution is -2.31. The highest BCUT2D eigenvalue weighted by atomic mass is 35.5. The molecule has 0 aliphatic rings. The Morgan fingerprint density at radius 1 is 1.29 bits per heavy atom. The number of hydrogen-bond donors (Lipinski definition) is 1. The maximum atomic E-state index is 12.4. The van der Waals surface area contributed by atoms with Crippen LogP contribution in [-0.2, 0) is 21.4 Å². The van der Waals surface area contributed by atoms with Gasteiger partial charge in [0.25, 0.3) is 5.91 Å². The number of amides is 1. The highest BCUT2D eigenvalue weighted by Crippen LogP contribution is 2.24. The minimum atomic E-state index is -0.958. The number of aromatic nitrogens is 5. The van der Waals surface area contributed by atoms with E-state index in [9.17, 15) is 9.59 Å². The summed E-state index contributed by atoms with van der Waals surface area (Å²) in [5, 5.41) is 16.1. The number of thioether (sulfide) groups is 1. The van der Waals surface area contributed by atoms with E-state index in [1.54, 1.807) is 35.6 Å². The smallest absolute Gasteiger partial charge is 0.317 e. The molecule has 11 heteroatoms. The molecular formula is C20H23ClN6O3S. The standard InChI is InChI=1S/C20H23ClN6O3S/c1-11-6-7-15(8-16(11)21)27-10-22-24-20(27)31-9-17(28)30-14(4)19(29)23-18-12(2)25-26(5)13(18)3/h6-8,10,14H,9H2,1-5H3,(H,23,29). The van der Waals surface area contributed by atoms with Gasteiger partial charge in [-0.15, -0.1) is 10.2 Å². The van der Waals surface area contributed by atoms with Gasteiger partial charge in [-0.05, 0) is 45.4 Å². The van der Waals surface area contributed by atoms with Crippen molar-refractivity contribution >= 4 is 40.9 Å². The lowest BCUT2D eigenvalue weighted by molar-refractivity contribution is -0.150. The minimum absolute atomic E-state index is 0.0269. The fraction of sp³-hybridized carbons (Fsp3) is 0.350. The van der Waals surface area contributed by atoms with Crippen LogP contribution in [0.2, 0.25) is 5.02 Å². The van der Waals surface area contributed by atoms with Crippen molar-refractivity contribution in [2.45, 2.75) is 39.0 Å². The first-order valence-electron chi connectivity index (χ1n) is 9.47. The summed E-state index contributed by atoms with van der Waals surface area (Å²) in [6.07, 6.45) is 0.587. The van der Waals surface area contributed by atoms with Crippen molar-refractivity contribution in [2.24, 2.45) is 7.05 Å². The van der Waals surface area contributed by atoms with Crippen LogP contribution in [0.5, 0.6) is 0 Å². The quantitative estimate of drug-likeness (QED) is 0.424. The molecule has 2 aromatic heterocycles. The summed E-state index contributed by atoms with van der Waals surface area (Å²) in [5.41, 5.74) is 3.87. The molecule has 9 nitrogen and oxygen atoms in total. The number of carbonyl (C=O) groups excluding carboxylic acids is 2. The first-order chi connectivity index (χ1) is 14.7. The summed E-state index contributed by atoms with van der Waals surface area (Å²) in [4.78, 5) is 24.7. The van der Waals surface area contributed by atoms with E-state index < -0.39 is 18.0 Å². The zero-order chi connectivity index (χ0) is 22.7. The third-order valence-electron chi connectivity index (χ3n) is 4.70. The Morgan fingerprint density at radius 3 is 2.68 bits per heavy atom. The summed E-state index contributed by atoms with van der Waals surface area (Å²) < 4.78 is 8.68. The van der Waals surface area contributed by atoms with Crippen molar-refractivity contribution in [3.8, 4) is 5.69 Å². The molecule has 31 heavy (non-hydrogen) atoms. The highest BCUT2D eigenvalue weighted by molar-refractivity contribution is 7.99. The Hall–Kier alpha value is -2.85. The molecule has 1 unspecified atom stereocenters. The number of carbonyl (C=O) groups is 2. The van der Waals surface area contributed by atoms with Crippen molar-refractivity contribution in [3.63, 3.8) is 0 Å². The molecule has 0 fully saturated rings. The van der Waals surface area contributed by atoms with E-state index in [1.165, 1.54) is 6.92 Å². The molecule has 164 valence electrons. The summed E-state index contributed by atoms with van der Waals surface area (Å²) in [7, 11) is 1.79. The summed E-state index contributed by atoms with van der Waals surface area (Å²) >= 11 is 7.36. The van der Waals surface area contributed by atoms with E-state index in [0.29, 0.717) is 21.6 Å². The number of ether oxygens (including phenoxy) is 1. The molecule has 0 saturated heterocycles. The average Bonchev–Trinajstić information content (AvgIpc) is 3.28. The second-order valence-electron chi connectivity index (χ2n) is 7.00. The van der Waals surface area contributed by atoms with Gasteiger partial charge >= 0.3 is 5.97 Å². The molecule has 1 amide bonds. The van der Waals surface area contributed by atoms with Gasteiger partial charge in [0.1, 0.15) is 6.33 Å². The van der Waals surface area contributed by atoms with E-state index >= 15 is 0 Å². The van der Waals surface area contributed by atoms with Crippen LogP contribution in [0.25, 0.3) is 5.69 Å². The third kappa shape index (κ3) is 5.26. The lowest BCUT2D eigenvalue weighted by Gasteiger charge is -2.14. The van der Waals surface area contributed by atoms with Gasteiger partial charge < -0.3 is 10.1 Å². The molecule has 0 aliphatic carbocycles. The predicted molar refractivity (Wildman–Crippen MR) is 119 cm³/mol. The second-order valence-corrected chi connectivity index (χ2v) is 8.35. The molecule has 0 aliphatic heterocycles. The Balaban J connectivity index is 1.57. The number of nitrogens with one attached hydrogen (secondary N) is 1. The summed E-state index contributed by atoms with van der Waals surface area (Å²) in [6.45, 7) is 7.08. The number of hydrogen-bond acceptors (Lipinski definition) is 7. The van der Waals surface area contributed by atoms with Gasteiger partial charge in [-0.25, -0.2) is 0 Å². The van der Waals surface area contributed by atoms with E-state index in [2.05, 4.69) is 20.6 Å². The van der Waals surface area contributed by atoms with Crippen molar-refractivity contribution in [2.75, 3.05) is 11.1 Å². The van der Waals surface area contributed by atoms with Gasteiger partial charge in [-0.1, -0.05) is 29.4 Å². The lowest BCUT2D eigenvalue weighted by atomic mass is 10.2. The first-order valence-corrected chi connectivity index (χ1v) is 10.8. The topological polar surface area (TPSA) is 104 Å². The Bertz CT molecular complexity index is 1130. The number of nitrogens with zero attached hydrogens (tertiary/aromatic N) is 5.